The van der Waals surface area contributed by atoms with Gasteiger partial charge < -0.3 is 9.47 Å². The lowest BCUT2D eigenvalue weighted by molar-refractivity contribution is 0.0837. The molecule has 1 fully saturated rings. The van der Waals surface area contributed by atoms with Crippen LogP contribution in [-0.2, 0) is 16.1 Å². The molecule has 1 aliphatic rings. The van der Waals surface area contributed by atoms with Crippen molar-refractivity contribution in [1.29, 1.82) is 0 Å². The maximum absolute atomic E-state index is 5.76. The molecule has 1 heterocycles. The Bertz CT molecular complexity index is 556. The van der Waals surface area contributed by atoms with Crippen molar-refractivity contribution in [3.8, 4) is 0 Å². The number of rotatable bonds is 6. The topological polar surface area (TPSA) is 21.8 Å². The molecule has 1 unspecified atom stereocenters. The number of epoxide rings is 1. The summed E-state index contributed by atoms with van der Waals surface area (Å²) in [5.41, 5.74) is 2.16. The van der Waals surface area contributed by atoms with Gasteiger partial charge in [-0.05, 0) is 17.2 Å². The smallest absolute Gasteiger partial charge is 0.133 e. The zero-order valence-electron chi connectivity index (χ0n) is 11.4. The third-order valence-corrected chi connectivity index (χ3v) is 3.35. The first-order valence-electron chi connectivity index (χ1n) is 6.86. The van der Waals surface area contributed by atoms with Gasteiger partial charge in [0.15, 0.2) is 0 Å². The van der Waals surface area contributed by atoms with Gasteiger partial charge in [0.25, 0.3) is 0 Å². The molecule has 0 N–H and O–H groups in total. The van der Waals surface area contributed by atoms with Crippen molar-refractivity contribution in [2.45, 2.75) is 12.2 Å². The monoisotopic (exact) mass is 266 g/mol. The van der Waals surface area contributed by atoms with Crippen LogP contribution in [0.15, 0.2) is 66.7 Å². The lowest BCUT2D eigenvalue weighted by atomic mass is 10.1. The van der Waals surface area contributed by atoms with Crippen LogP contribution >= 0.6 is 0 Å². The average molecular weight is 266 g/mol. The Morgan fingerprint density at radius 2 is 1.65 bits per heavy atom. The van der Waals surface area contributed by atoms with E-state index in [2.05, 4.69) is 36.4 Å². The first-order valence-corrected chi connectivity index (χ1v) is 6.86. The summed E-state index contributed by atoms with van der Waals surface area (Å²) in [6, 6.07) is 20.4. The van der Waals surface area contributed by atoms with E-state index in [1.165, 1.54) is 11.1 Å². The number of hydrogen-bond donors (Lipinski definition) is 0. The van der Waals surface area contributed by atoms with Crippen LogP contribution in [0.5, 0.6) is 0 Å². The third-order valence-electron chi connectivity index (χ3n) is 3.35. The summed E-state index contributed by atoms with van der Waals surface area (Å²) >= 11 is 0. The van der Waals surface area contributed by atoms with Gasteiger partial charge in [-0.25, -0.2) is 0 Å². The first kappa shape index (κ1) is 13.1. The highest BCUT2D eigenvalue weighted by atomic mass is 16.6. The number of benzene rings is 2. The molecule has 2 aromatic carbocycles. The molecule has 1 aliphatic heterocycles. The summed E-state index contributed by atoms with van der Waals surface area (Å²) in [6.45, 7) is 1.97. The van der Waals surface area contributed by atoms with Crippen LogP contribution in [0.2, 0.25) is 0 Å². The van der Waals surface area contributed by atoms with Crippen LogP contribution < -0.4 is 0 Å². The van der Waals surface area contributed by atoms with E-state index in [4.69, 9.17) is 9.47 Å². The highest BCUT2D eigenvalue weighted by Gasteiger charge is 2.42. The molecule has 0 amide bonds. The van der Waals surface area contributed by atoms with Crippen molar-refractivity contribution in [1.82, 2.24) is 0 Å². The normalized spacial score (nSPS) is 21.2. The van der Waals surface area contributed by atoms with E-state index in [0.29, 0.717) is 13.2 Å². The quantitative estimate of drug-likeness (QED) is 0.744. The molecule has 2 aromatic rings. The summed E-state index contributed by atoms with van der Waals surface area (Å²) in [5.74, 6) is 0. The molecule has 2 heteroatoms. The van der Waals surface area contributed by atoms with Gasteiger partial charge in [0.05, 0.1) is 19.8 Å². The highest BCUT2D eigenvalue weighted by Crippen LogP contribution is 2.30. The molecule has 3 rings (SSSR count). The lowest BCUT2D eigenvalue weighted by Gasteiger charge is -2.08. The van der Waals surface area contributed by atoms with E-state index >= 15 is 0 Å². The van der Waals surface area contributed by atoms with Gasteiger partial charge in [-0.1, -0.05) is 66.7 Å². The molecule has 0 radical (unpaired) electrons. The highest BCUT2D eigenvalue weighted by molar-refractivity contribution is 5.51. The molecule has 1 atom stereocenters. The minimum atomic E-state index is -0.218. The van der Waals surface area contributed by atoms with E-state index in [0.717, 1.165) is 6.61 Å². The minimum absolute atomic E-state index is 0.218. The Kier molecular flexibility index (Phi) is 3.95. The van der Waals surface area contributed by atoms with E-state index in [1.54, 1.807) is 0 Å². The van der Waals surface area contributed by atoms with E-state index in [-0.39, 0.29) is 5.60 Å². The van der Waals surface area contributed by atoms with Crippen LogP contribution in [0.25, 0.3) is 6.08 Å². The van der Waals surface area contributed by atoms with Crippen molar-refractivity contribution < 1.29 is 9.47 Å². The molecule has 1 saturated heterocycles. The molecule has 0 aliphatic carbocycles. The summed E-state index contributed by atoms with van der Waals surface area (Å²) < 4.78 is 11.3. The predicted octanol–water partition coefficient (Wildman–Crippen LogP) is 3.69. The second kappa shape index (κ2) is 6.04. The second-order valence-corrected chi connectivity index (χ2v) is 5.08. The van der Waals surface area contributed by atoms with Crippen LogP contribution in [-0.4, -0.2) is 18.8 Å². The lowest BCUT2D eigenvalue weighted by Crippen LogP contribution is -2.16. The van der Waals surface area contributed by atoms with Crippen LogP contribution in [0.3, 0.4) is 0 Å². The minimum Gasteiger partial charge on any atom is -0.373 e. The molecule has 0 aromatic heterocycles. The largest absolute Gasteiger partial charge is 0.373 e. The maximum Gasteiger partial charge on any atom is 0.133 e. The van der Waals surface area contributed by atoms with Crippen molar-refractivity contribution in [2.24, 2.45) is 0 Å². The fourth-order valence-corrected chi connectivity index (χ4v) is 2.05. The Balaban J connectivity index is 1.51. The van der Waals surface area contributed by atoms with Crippen LogP contribution in [0.1, 0.15) is 11.1 Å². The Labute approximate surface area is 119 Å². The molecular weight excluding hydrogens is 248 g/mol. The molecule has 20 heavy (non-hydrogen) atoms. The third kappa shape index (κ3) is 3.56. The van der Waals surface area contributed by atoms with Crippen molar-refractivity contribution in [2.75, 3.05) is 13.2 Å². The number of hydrogen-bond acceptors (Lipinski definition) is 2. The molecule has 0 spiro atoms. The molecule has 0 saturated carbocycles. The van der Waals surface area contributed by atoms with Gasteiger partial charge in [0, 0.05) is 0 Å². The first-order chi connectivity index (χ1) is 9.86. The molecule has 102 valence electrons. The molecule has 0 bridgehead atoms. The van der Waals surface area contributed by atoms with Crippen LogP contribution in [0.4, 0.5) is 0 Å². The van der Waals surface area contributed by atoms with E-state index in [1.807, 2.05) is 36.4 Å². The zero-order valence-corrected chi connectivity index (χ0v) is 11.4. The SMILES string of the molecule is C(=C\C1(COCc2ccccc2)CO1)/c1ccccc1. The van der Waals surface area contributed by atoms with E-state index < -0.39 is 0 Å². The molecule has 2 nitrogen and oxygen atoms in total. The summed E-state index contributed by atoms with van der Waals surface area (Å²) in [4.78, 5) is 0. The second-order valence-electron chi connectivity index (χ2n) is 5.08. The van der Waals surface area contributed by atoms with Gasteiger partial charge in [-0.15, -0.1) is 0 Å². The average Bonchev–Trinajstić information content (AvgIpc) is 3.28. The zero-order chi connectivity index (χ0) is 13.7. The Morgan fingerprint density at radius 1 is 1.00 bits per heavy atom. The fraction of sp³-hybridized carbons (Fsp3) is 0.222. The Morgan fingerprint density at radius 3 is 2.30 bits per heavy atom. The van der Waals surface area contributed by atoms with Gasteiger partial charge in [0.2, 0.25) is 0 Å². The van der Waals surface area contributed by atoms with Gasteiger partial charge in [-0.2, -0.15) is 0 Å². The van der Waals surface area contributed by atoms with Crippen molar-refractivity contribution in [3.05, 3.63) is 77.9 Å². The van der Waals surface area contributed by atoms with Crippen LogP contribution in [0, 0.1) is 0 Å². The molecular formula is C18H18O2. The predicted molar refractivity (Wildman–Crippen MR) is 80.3 cm³/mol. The van der Waals surface area contributed by atoms with Gasteiger partial charge in [-0.3, -0.25) is 0 Å². The van der Waals surface area contributed by atoms with Gasteiger partial charge in [0.1, 0.15) is 5.60 Å². The van der Waals surface area contributed by atoms with Crippen molar-refractivity contribution in [3.63, 3.8) is 0 Å². The standard InChI is InChI=1S/C18H18O2/c1-3-7-16(8-4-1)11-12-18(15-20-18)14-19-13-17-9-5-2-6-10-17/h1-12H,13-15H2/b12-11+. The maximum atomic E-state index is 5.76. The summed E-state index contributed by atoms with van der Waals surface area (Å²) in [6.07, 6.45) is 4.20. The van der Waals surface area contributed by atoms with Crippen molar-refractivity contribution >= 4 is 6.08 Å². The Hall–Kier alpha value is -1.90. The number of ether oxygens (including phenoxy) is 2. The summed E-state index contributed by atoms with van der Waals surface area (Å²) in [5, 5.41) is 0. The van der Waals surface area contributed by atoms with Gasteiger partial charge >= 0.3 is 0 Å². The summed E-state index contributed by atoms with van der Waals surface area (Å²) in [7, 11) is 0. The van der Waals surface area contributed by atoms with E-state index in [9.17, 15) is 0 Å². The fourth-order valence-electron chi connectivity index (χ4n) is 2.05.